The van der Waals surface area contributed by atoms with E-state index in [2.05, 4.69) is 20.4 Å². The van der Waals surface area contributed by atoms with Crippen LogP contribution in [0.5, 0.6) is 0 Å². The van der Waals surface area contributed by atoms with Gasteiger partial charge >= 0.3 is 0 Å². The summed E-state index contributed by atoms with van der Waals surface area (Å²) in [6, 6.07) is 7.90. The van der Waals surface area contributed by atoms with E-state index in [-0.39, 0.29) is 15.4 Å². The fourth-order valence-electron chi connectivity index (χ4n) is 2.37. The van der Waals surface area contributed by atoms with Crippen LogP contribution in [-0.4, -0.2) is 34.1 Å². The van der Waals surface area contributed by atoms with Gasteiger partial charge in [-0.25, -0.2) is 0 Å². The van der Waals surface area contributed by atoms with Gasteiger partial charge in [0, 0.05) is 12.2 Å². The predicted octanol–water partition coefficient (Wildman–Crippen LogP) is 3.04. The van der Waals surface area contributed by atoms with Gasteiger partial charge in [0.1, 0.15) is 0 Å². The first kappa shape index (κ1) is 14.4. The van der Waals surface area contributed by atoms with E-state index in [4.69, 9.17) is 11.6 Å². The normalized spacial score (nSPS) is 15.3. The maximum absolute atomic E-state index is 11.9. The van der Waals surface area contributed by atoms with E-state index < -0.39 is 0 Å². The molecule has 1 fully saturated rings. The standard InChI is InChI=1S/C14H15ClN4OS/c15-14-18-17-13(21-14)12(20)16-11-5-3-10(4-6-11)9-19-7-1-2-8-19/h3-6H,1-2,7-9H2,(H,16,20). The Hall–Kier alpha value is -1.50. The summed E-state index contributed by atoms with van der Waals surface area (Å²) in [5, 5.41) is 10.4. The highest BCUT2D eigenvalue weighted by Gasteiger charge is 2.13. The number of carbonyl (C=O) groups excluding carboxylic acids is 1. The van der Waals surface area contributed by atoms with Crippen molar-refractivity contribution in [3.05, 3.63) is 39.3 Å². The van der Waals surface area contributed by atoms with Crippen LogP contribution in [-0.2, 0) is 6.54 Å². The average Bonchev–Trinajstić information content (AvgIpc) is 3.12. The molecule has 1 N–H and O–H groups in total. The molecule has 110 valence electrons. The molecule has 1 aliphatic heterocycles. The third kappa shape index (κ3) is 3.78. The maximum Gasteiger partial charge on any atom is 0.286 e. The average molecular weight is 323 g/mol. The third-order valence-electron chi connectivity index (χ3n) is 3.41. The van der Waals surface area contributed by atoms with E-state index >= 15 is 0 Å². The quantitative estimate of drug-likeness (QED) is 0.940. The van der Waals surface area contributed by atoms with Gasteiger partial charge in [-0.1, -0.05) is 23.5 Å². The number of nitrogens with zero attached hydrogens (tertiary/aromatic N) is 3. The molecule has 0 unspecified atom stereocenters. The number of rotatable bonds is 4. The van der Waals surface area contributed by atoms with Crippen LogP contribution in [0.3, 0.4) is 0 Å². The van der Waals surface area contributed by atoms with Gasteiger partial charge < -0.3 is 5.32 Å². The summed E-state index contributed by atoms with van der Waals surface area (Å²) in [7, 11) is 0. The number of hydrogen-bond donors (Lipinski definition) is 1. The van der Waals surface area contributed by atoms with Crippen molar-refractivity contribution < 1.29 is 4.79 Å². The Bertz CT molecular complexity index is 622. The zero-order valence-corrected chi connectivity index (χ0v) is 13.0. The Balaban J connectivity index is 1.60. The molecule has 0 bridgehead atoms. The zero-order chi connectivity index (χ0) is 14.7. The van der Waals surface area contributed by atoms with Gasteiger partial charge in [-0.05, 0) is 55.2 Å². The van der Waals surface area contributed by atoms with E-state index in [0.29, 0.717) is 0 Å². The van der Waals surface area contributed by atoms with Gasteiger partial charge in [0.15, 0.2) is 0 Å². The minimum atomic E-state index is -0.285. The first-order valence-corrected chi connectivity index (χ1v) is 8.02. The van der Waals surface area contributed by atoms with E-state index in [9.17, 15) is 4.79 Å². The molecule has 0 aliphatic carbocycles. The molecular weight excluding hydrogens is 308 g/mol. The first-order chi connectivity index (χ1) is 10.2. The smallest absolute Gasteiger partial charge is 0.286 e. The Kier molecular flexibility index (Phi) is 4.48. The molecule has 0 saturated carbocycles. The number of nitrogens with one attached hydrogen (secondary N) is 1. The van der Waals surface area contributed by atoms with E-state index in [1.54, 1.807) is 0 Å². The minimum Gasteiger partial charge on any atom is -0.320 e. The highest BCUT2D eigenvalue weighted by molar-refractivity contribution is 7.17. The van der Waals surface area contributed by atoms with Crippen molar-refractivity contribution >= 4 is 34.5 Å². The summed E-state index contributed by atoms with van der Waals surface area (Å²) in [5.41, 5.74) is 2.00. The van der Waals surface area contributed by atoms with Crippen LogP contribution in [0, 0.1) is 0 Å². The molecule has 1 aromatic carbocycles. The van der Waals surface area contributed by atoms with Gasteiger partial charge in [0.25, 0.3) is 5.91 Å². The van der Waals surface area contributed by atoms with Gasteiger partial charge in [-0.15, -0.1) is 10.2 Å². The van der Waals surface area contributed by atoms with Crippen LogP contribution < -0.4 is 5.32 Å². The van der Waals surface area contributed by atoms with Crippen molar-refractivity contribution in [3.63, 3.8) is 0 Å². The molecular formula is C14H15ClN4OS. The summed E-state index contributed by atoms with van der Waals surface area (Å²) in [5.74, 6) is -0.285. The lowest BCUT2D eigenvalue weighted by molar-refractivity contribution is 0.102. The van der Waals surface area contributed by atoms with Gasteiger partial charge in [0.2, 0.25) is 9.47 Å². The number of anilines is 1. The summed E-state index contributed by atoms with van der Waals surface area (Å²) in [6.45, 7) is 3.33. The zero-order valence-electron chi connectivity index (χ0n) is 11.4. The van der Waals surface area contributed by atoms with Crippen molar-refractivity contribution in [2.75, 3.05) is 18.4 Å². The molecule has 1 amide bonds. The molecule has 1 aliphatic rings. The van der Waals surface area contributed by atoms with Crippen LogP contribution in [0.25, 0.3) is 0 Å². The lowest BCUT2D eigenvalue weighted by atomic mass is 10.2. The first-order valence-electron chi connectivity index (χ1n) is 6.82. The summed E-state index contributed by atoms with van der Waals surface area (Å²) in [6.07, 6.45) is 2.58. The fourth-order valence-corrected chi connectivity index (χ4v) is 3.10. The predicted molar refractivity (Wildman–Crippen MR) is 83.8 cm³/mol. The Morgan fingerprint density at radius 1 is 1.24 bits per heavy atom. The van der Waals surface area contributed by atoms with E-state index in [1.165, 1.54) is 31.5 Å². The van der Waals surface area contributed by atoms with Crippen LogP contribution >= 0.6 is 22.9 Å². The summed E-state index contributed by atoms with van der Waals surface area (Å²) >= 11 is 6.73. The molecule has 0 spiro atoms. The second-order valence-electron chi connectivity index (χ2n) is 4.99. The monoisotopic (exact) mass is 322 g/mol. The number of hydrogen-bond acceptors (Lipinski definition) is 5. The molecule has 7 heteroatoms. The van der Waals surface area contributed by atoms with Crippen LogP contribution in [0.1, 0.15) is 28.2 Å². The highest BCUT2D eigenvalue weighted by atomic mass is 35.5. The highest BCUT2D eigenvalue weighted by Crippen LogP contribution is 2.18. The summed E-state index contributed by atoms with van der Waals surface area (Å²) in [4.78, 5) is 14.4. The third-order valence-corrected chi connectivity index (χ3v) is 4.43. The van der Waals surface area contributed by atoms with Crippen molar-refractivity contribution in [1.29, 1.82) is 0 Å². The number of aromatic nitrogens is 2. The topological polar surface area (TPSA) is 58.1 Å². The van der Waals surface area contributed by atoms with Crippen LogP contribution in [0.4, 0.5) is 5.69 Å². The van der Waals surface area contributed by atoms with Crippen LogP contribution in [0.15, 0.2) is 24.3 Å². The van der Waals surface area contributed by atoms with Crippen molar-refractivity contribution in [3.8, 4) is 0 Å². The molecule has 1 saturated heterocycles. The lowest BCUT2D eigenvalue weighted by Gasteiger charge is -2.14. The largest absolute Gasteiger partial charge is 0.320 e. The Morgan fingerprint density at radius 3 is 2.57 bits per heavy atom. The fraction of sp³-hybridized carbons (Fsp3) is 0.357. The molecule has 0 radical (unpaired) electrons. The van der Waals surface area contributed by atoms with E-state index in [0.717, 1.165) is 23.6 Å². The Labute approximate surface area is 131 Å². The molecule has 1 aromatic heterocycles. The number of likely N-dealkylation sites (tertiary alicyclic amines) is 1. The SMILES string of the molecule is O=C(Nc1ccc(CN2CCCC2)cc1)c1nnc(Cl)s1. The molecule has 3 rings (SSSR count). The number of amides is 1. The van der Waals surface area contributed by atoms with Gasteiger partial charge in [-0.3, -0.25) is 9.69 Å². The van der Waals surface area contributed by atoms with Crippen molar-refractivity contribution in [2.24, 2.45) is 0 Å². The number of benzene rings is 1. The van der Waals surface area contributed by atoms with Gasteiger partial charge in [0.05, 0.1) is 0 Å². The molecule has 5 nitrogen and oxygen atoms in total. The van der Waals surface area contributed by atoms with Crippen molar-refractivity contribution in [1.82, 2.24) is 15.1 Å². The Morgan fingerprint density at radius 2 is 1.95 bits per heavy atom. The maximum atomic E-state index is 11.9. The van der Waals surface area contributed by atoms with Crippen LogP contribution in [0.2, 0.25) is 4.47 Å². The molecule has 2 heterocycles. The lowest BCUT2D eigenvalue weighted by Crippen LogP contribution is -2.18. The number of halogens is 1. The molecule has 21 heavy (non-hydrogen) atoms. The van der Waals surface area contributed by atoms with E-state index in [1.807, 2.05) is 24.3 Å². The molecule has 0 atom stereocenters. The van der Waals surface area contributed by atoms with Gasteiger partial charge in [-0.2, -0.15) is 0 Å². The minimum absolute atomic E-state index is 0.265. The number of carbonyl (C=O) groups is 1. The molecule has 2 aromatic rings. The van der Waals surface area contributed by atoms with Crippen molar-refractivity contribution in [2.45, 2.75) is 19.4 Å². The second-order valence-corrected chi connectivity index (χ2v) is 6.55. The second kappa shape index (κ2) is 6.51. The summed E-state index contributed by atoms with van der Waals surface area (Å²) < 4.78 is 0.265.